The Bertz CT molecular complexity index is 380. The molecule has 0 radical (unpaired) electrons. The molecule has 0 saturated carbocycles. The number of hydrogen-bond acceptors (Lipinski definition) is 3. The summed E-state index contributed by atoms with van der Waals surface area (Å²) in [6, 6.07) is 2.14. The molecule has 0 aliphatic heterocycles. The van der Waals surface area contributed by atoms with Gasteiger partial charge < -0.3 is 10.1 Å². The zero-order chi connectivity index (χ0) is 11.4. The van der Waals surface area contributed by atoms with Crippen LogP contribution in [0.3, 0.4) is 0 Å². The smallest absolute Gasteiger partial charge is 0.183 e. The van der Waals surface area contributed by atoms with Crippen LogP contribution in [0.4, 0.5) is 8.78 Å². The van der Waals surface area contributed by atoms with Gasteiger partial charge in [-0.3, -0.25) is 4.79 Å². The molecule has 0 aromatic heterocycles. The quantitative estimate of drug-likeness (QED) is 0.771. The molecule has 82 valence electrons. The number of rotatable bonds is 4. The summed E-state index contributed by atoms with van der Waals surface area (Å²) in [5.74, 6) is -2.75. The van der Waals surface area contributed by atoms with Crippen LogP contribution in [0.1, 0.15) is 10.4 Å². The Morgan fingerprint density at radius 2 is 2.13 bits per heavy atom. The fraction of sp³-hybridized carbons (Fsp3) is 0.300. The molecule has 1 aromatic rings. The SMILES string of the molecule is CNCC(=O)c1c(OC)ccc(F)c1F. The second-order valence-electron chi connectivity index (χ2n) is 2.89. The van der Waals surface area contributed by atoms with E-state index in [0.29, 0.717) is 0 Å². The monoisotopic (exact) mass is 215 g/mol. The molecule has 0 spiro atoms. The third-order valence-electron chi connectivity index (χ3n) is 1.89. The normalized spacial score (nSPS) is 10.1. The fourth-order valence-electron chi connectivity index (χ4n) is 1.21. The lowest BCUT2D eigenvalue weighted by Gasteiger charge is -2.08. The van der Waals surface area contributed by atoms with E-state index in [0.717, 1.165) is 6.07 Å². The highest BCUT2D eigenvalue weighted by Crippen LogP contribution is 2.23. The fourth-order valence-corrected chi connectivity index (χ4v) is 1.21. The van der Waals surface area contributed by atoms with Crippen molar-refractivity contribution in [3.05, 3.63) is 29.3 Å². The molecule has 0 atom stereocenters. The maximum Gasteiger partial charge on any atom is 0.183 e. The molecule has 1 N–H and O–H groups in total. The van der Waals surface area contributed by atoms with Gasteiger partial charge in [-0.15, -0.1) is 0 Å². The first-order valence-electron chi connectivity index (χ1n) is 4.31. The van der Waals surface area contributed by atoms with Gasteiger partial charge in [0.25, 0.3) is 0 Å². The van der Waals surface area contributed by atoms with E-state index in [9.17, 15) is 13.6 Å². The molecule has 0 saturated heterocycles. The third-order valence-corrected chi connectivity index (χ3v) is 1.89. The van der Waals surface area contributed by atoms with Crippen LogP contribution in [0, 0.1) is 11.6 Å². The molecule has 3 nitrogen and oxygen atoms in total. The minimum absolute atomic E-state index is 0.0363. The maximum atomic E-state index is 13.3. The van der Waals surface area contributed by atoms with Crippen molar-refractivity contribution in [2.75, 3.05) is 20.7 Å². The summed E-state index contributed by atoms with van der Waals surface area (Å²) < 4.78 is 31.0. The van der Waals surface area contributed by atoms with E-state index in [2.05, 4.69) is 5.32 Å². The van der Waals surface area contributed by atoms with Crippen molar-refractivity contribution in [1.29, 1.82) is 0 Å². The second kappa shape index (κ2) is 4.84. The Hall–Kier alpha value is -1.49. The van der Waals surface area contributed by atoms with Crippen LogP contribution in [0.5, 0.6) is 5.75 Å². The number of nitrogens with one attached hydrogen (secondary N) is 1. The summed E-state index contributed by atoms with van der Waals surface area (Å²) >= 11 is 0. The largest absolute Gasteiger partial charge is 0.496 e. The number of methoxy groups -OCH3 is 1. The second-order valence-corrected chi connectivity index (χ2v) is 2.89. The number of benzene rings is 1. The van der Waals surface area contributed by atoms with Crippen LogP contribution in [0.25, 0.3) is 0 Å². The number of carbonyl (C=O) groups excluding carboxylic acids is 1. The zero-order valence-corrected chi connectivity index (χ0v) is 8.43. The van der Waals surface area contributed by atoms with E-state index in [1.54, 1.807) is 7.05 Å². The molecule has 0 fully saturated rings. The maximum absolute atomic E-state index is 13.3. The van der Waals surface area contributed by atoms with E-state index in [4.69, 9.17) is 4.74 Å². The van der Waals surface area contributed by atoms with Gasteiger partial charge in [0.15, 0.2) is 17.4 Å². The van der Waals surface area contributed by atoms with E-state index < -0.39 is 17.4 Å². The number of halogens is 2. The van der Waals surface area contributed by atoms with Gasteiger partial charge in [0.2, 0.25) is 0 Å². The Labute approximate surface area is 86.0 Å². The van der Waals surface area contributed by atoms with E-state index in [-0.39, 0.29) is 17.9 Å². The predicted octanol–water partition coefficient (Wildman–Crippen LogP) is 1.38. The van der Waals surface area contributed by atoms with Crippen molar-refractivity contribution in [2.24, 2.45) is 0 Å². The molecular formula is C10H11F2NO2. The predicted molar refractivity (Wildman–Crippen MR) is 51.2 cm³/mol. The summed E-state index contributed by atoms with van der Waals surface area (Å²) in [7, 11) is 2.84. The Morgan fingerprint density at radius 3 is 2.67 bits per heavy atom. The summed E-state index contributed by atoms with van der Waals surface area (Å²) in [6.07, 6.45) is 0. The molecule has 0 heterocycles. The number of Topliss-reactive ketones (excluding diaryl/α,β-unsaturated/α-hetero) is 1. The van der Waals surface area contributed by atoms with Crippen LogP contribution in [0.2, 0.25) is 0 Å². The van der Waals surface area contributed by atoms with Crippen molar-refractivity contribution < 1.29 is 18.3 Å². The minimum atomic E-state index is -1.17. The Kier molecular flexibility index (Phi) is 3.74. The van der Waals surface area contributed by atoms with E-state index in [1.165, 1.54) is 13.2 Å². The van der Waals surface area contributed by atoms with Crippen LogP contribution in [-0.2, 0) is 0 Å². The summed E-state index contributed by atoms with van der Waals surface area (Å²) in [4.78, 5) is 11.4. The first-order valence-corrected chi connectivity index (χ1v) is 4.31. The van der Waals surface area contributed by atoms with Crippen molar-refractivity contribution in [1.82, 2.24) is 5.32 Å². The van der Waals surface area contributed by atoms with Crippen LogP contribution in [-0.4, -0.2) is 26.5 Å². The molecular weight excluding hydrogens is 204 g/mol. The van der Waals surface area contributed by atoms with Crippen LogP contribution < -0.4 is 10.1 Å². The lowest BCUT2D eigenvalue weighted by molar-refractivity contribution is 0.0985. The molecule has 1 aromatic carbocycles. The summed E-state index contributed by atoms with van der Waals surface area (Å²) in [5.41, 5.74) is -0.355. The highest BCUT2D eigenvalue weighted by molar-refractivity contribution is 6.00. The van der Waals surface area contributed by atoms with Gasteiger partial charge in [0, 0.05) is 0 Å². The number of likely N-dealkylation sites (N-methyl/N-ethyl adjacent to an activating group) is 1. The minimum Gasteiger partial charge on any atom is -0.496 e. The molecule has 0 amide bonds. The first kappa shape index (κ1) is 11.6. The van der Waals surface area contributed by atoms with Crippen molar-refractivity contribution in [3.8, 4) is 5.75 Å². The highest BCUT2D eigenvalue weighted by Gasteiger charge is 2.20. The van der Waals surface area contributed by atoms with Gasteiger partial charge in [0.05, 0.1) is 19.2 Å². The first-order chi connectivity index (χ1) is 7.11. The average Bonchev–Trinajstić information content (AvgIpc) is 2.22. The summed E-state index contributed by atoms with van der Waals surface area (Å²) in [6.45, 7) is -0.0727. The molecule has 0 unspecified atom stereocenters. The standard InChI is InChI=1S/C10H11F2NO2/c1-13-5-7(14)9-8(15-2)4-3-6(11)10(9)12/h3-4,13H,5H2,1-2H3. The van der Waals surface area contributed by atoms with Gasteiger partial charge in [0.1, 0.15) is 5.75 Å². The van der Waals surface area contributed by atoms with Gasteiger partial charge in [-0.25, -0.2) is 8.78 Å². The Morgan fingerprint density at radius 1 is 1.47 bits per heavy atom. The number of ether oxygens (including phenoxy) is 1. The van der Waals surface area contributed by atoms with E-state index in [1.807, 2.05) is 0 Å². The molecule has 0 bridgehead atoms. The number of ketones is 1. The molecule has 0 aliphatic carbocycles. The van der Waals surface area contributed by atoms with Gasteiger partial charge >= 0.3 is 0 Å². The lowest BCUT2D eigenvalue weighted by atomic mass is 10.1. The van der Waals surface area contributed by atoms with Gasteiger partial charge in [-0.05, 0) is 19.2 Å². The molecule has 5 heteroatoms. The Balaban J connectivity index is 3.23. The van der Waals surface area contributed by atoms with Crippen molar-refractivity contribution in [2.45, 2.75) is 0 Å². The van der Waals surface area contributed by atoms with Gasteiger partial charge in [-0.1, -0.05) is 0 Å². The van der Waals surface area contributed by atoms with E-state index >= 15 is 0 Å². The summed E-state index contributed by atoms with van der Waals surface area (Å²) in [5, 5.41) is 2.57. The lowest BCUT2D eigenvalue weighted by Crippen LogP contribution is -2.20. The van der Waals surface area contributed by atoms with Gasteiger partial charge in [-0.2, -0.15) is 0 Å². The van der Waals surface area contributed by atoms with Crippen LogP contribution >= 0.6 is 0 Å². The highest BCUT2D eigenvalue weighted by atomic mass is 19.2. The van der Waals surface area contributed by atoms with Crippen molar-refractivity contribution >= 4 is 5.78 Å². The topological polar surface area (TPSA) is 38.3 Å². The van der Waals surface area contributed by atoms with Crippen LogP contribution in [0.15, 0.2) is 12.1 Å². The third kappa shape index (κ3) is 2.30. The number of carbonyl (C=O) groups is 1. The number of hydrogen-bond donors (Lipinski definition) is 1. The molecule has 1 rings (SSSR count). The molecule has 15 heavy (non-hydrogen) atoms. The van der Waals surface area contributed by atoms with Crippen molar-refractivity contribution in [3.63, 3.8) is 0 Å². The molecule has 0 aliphatic rings. The average molecular weight is 215 g/mol. The zero-order valence-electron chi connectivity index (χ0n) is 8.43.